The molecular weight excluding hydrogens is 819 g/mol. The maximum atomic E-state index is 2.50. The Labute approximate surface area is 400 Å². The van der Waals surface area contributed by atoms with Gasteiger partial charge in [-0.25, -0.2) is 0 Å². The Bertz CT molecular complexity index is 3580. The SMILES string of the molecule is CC1(C)c2ccccc2-c2ccc(N(c3ccccc3)c3ccc(-c4cccc(-c5cccc(-c6ccc7c(c6)C6(c8ccccc8-7)c7ccccc7C(C)(C)c7ccccc76)c5)c4)cc3)cc21. The Morgan fingerprint density at radius 2 is 0.632 bits per heavy atom. The number of fused-ring (bicyclic) bond motifs is 12. The van der Waals surface area contributed by atoms with Gasteiger partial charge in [0, 0.05) is 27.9 Å². The van der Waals surface area contributed by atoms with E-state index in [2.05, 4.69) is 269 Å². The molecule has 0 atom stereocenters. The van der Waals surface area contributed by atoms with Gasteiger partial charge in [0.1, 0.15) is 0 Å². The van der Waals surface area contributed by atoms with Gasteiger partial charge in [-0.3, -0.25) is 0 Å². The number of nitrogens with zero attached hydrogens (tertiary/aromatic N) is 1. The largest absolute Gasteiger partial charge is 0.310 e. The van der Waals surface area contributed by atoms with E-state index in [4.69, 9.17) is 0 Å². The lowest BCUT2D eigenvalue weighted by Crippen LogP contribution is -2.40. The van der Waals surface area contributed by atoms with E-state index in [0.29, 0.717) is 0 Å². The third-order valence-corrected chi connectivity index (χ3v) is 15.7. The summed E-state index contributed by atoms with van der Waals surface area (Å²) in [4.78, 5) is 2.39. The van der Waals surface area contributed by atoms with Crippen molar-refractivity contribution < 1.29 is 0 Å². The average Bonchev–Trinajstić information content (AvgIpc) is 3.81. The van der Waals surface area contributed by atoms with Crippen LogP contribution in [0.3, 0.4) is 0 Å². The molecule has 0 radical (unpaired) electrons. The Morgan fingerprint density at radius 1 is 0.235 bits per heavy atom. The van der Waals surface area contributed by atoms with E-state index < -0.39 is 5.41 Å². The fraction of sp³-hybridized carbons (Fsp3) is 0.104. The minimum Gasteiger partial charge on any atom is -0.310 e. The summed E-state index contributed by atoms with van der Waals surface area (Å²) in [5.41, 5.74) is 26.4. The molecule has 0 N–H and O–H groups in total. The second-order valence-corrected chi connectivity index (χ2v) is 20.1. The molecule has 0 heterocycles. The van der Waals surface area contributed by atoms with Crippen molar-refractivity contribution in [3.05, 3.63) is 281 Å². The minimum atomic E-state index is -0.422. The van der Waals surface area contributed by atoms with Gasteiger partial charge in [0.2, 0.25) is 0 Å². The maximum Gasteiger partial charge on any atom is 0.0719 e. The highest BCUT2D eigenvalue weighted by Gasteiger charge is 2.53. The van der Waals surface area contributed by atoms with Crippen LogP contribution in [0.5, 0.6) is 0 Å². The smallest absolute Gasteiger partial charge is 0.0719 e. The van der Waals surface area contributed by atoms with Crippen LogP contribution in [0.25, 0.3) is 55.6 Å². The van der Waals surface area contributed by atoms with Gasteiger partial charge in [0.15, 0.2) is 0 Å². The first kappa shape index (κ1) is 40.3. The summed E-state index contributed by atoms with van der Waals surface area (Å²) in [5, 5.41) is 0. The topological polar surface area (TPSA) is 3.24 Å². The highest BCUT2D eigenvalue weighted by molar-refractivity contribution is 5.91. The molecule has 0 fully saturated rings. The van der Waals surface area contributed by atoms with Crippen LogP contribution in [0.2, 0.25) is 0 Å². The number of hydrogen-bond donors (Lipinski definition) is 0. The van der Waals surface area contributed by atoms with Crippen molar-refractivity contribution in [2.45, 2.75) is 43.9 Å². The molecule has 3 aliphatic carbocycles. The highest BCUT2D eigenvalue weighted by atomic mass is 15.1. The predicted octanol–water partition coefficient (Wildman–Crippen LogP) is 17.5. The van der Waals surface area contributed by atoms with Crippen LogP contribution >= 0.6 is 0 Å². The molecule has 1 heteroatoms. The normalized spacial score (nSPS) is 14.8. The van der Waals surface area contributed by atoms with E-state index >= 15 is 0 Å². The molecule has 10 aromatic carbocycles. The molecule has 1 spiro atoms. The lowest BCUT2D eigenvalue weighted by molar-refractivity contribution is 0.563. The summed E-state index contributed by atoms with van der Waals surface area (Å²) in [6, 6.07) is 88.5. The molecule has 0 aromatic heterocycles. The Morgan fingerprint density at radius 3 is 1.25 bits per heavy atom. The monoisotopic (exact) mass is 869 g/mol. The van der Waals surface area contributed by atoms with Crippen molar-refractivity contribution in [3.63, 3.8) is 0 Å². The number of rotatable bonds is 6. The molecule has 10 aromatic rings. The van der Waals surface area contributed by atoms with E-state index in [-0.39, 0.29) is 10.8 Å². The van der Waals surface area contributed by atoms with E-state index in [1.54, 1.807) is 0 Å². The molecule has 0 saturated heterocycles. The van der Waals surface area contributed by atoms with Crippen molar-refractivity contribution in [1.82, 2.24) is 0 Å². The first-order valence-corrected chi connectivity index (χ1v) is 24.1. The lowest BCUT2D eigenvalue weighted by Gasteiger charge is -2.46. The summed E-state index contributed by atoms with van der Waals surface area (Å²) in [5.74, 6) is 0. The Kier molecular flexibility index (Phi) is 8.89. The fourth-order valence-corrected chi connectivity index (χ4v) is 12.5. The van der Waals surface area contributed by atoms with Gasteiger partial charge in [-0.2, -0.15) is 0 Å². The quantitative estimate of drug-likeness (QED) is 0.161. The van der Waals surface area contributed by atoms with Crippen molar-refractivity contribution in [2.75, 3.05) is 4.90 Å². The van der Waals surface area contributed by atoms with Crippen molar-refractivity contribution in [3.8, 4) is 55.6 Å². The maximum absolute atomic E-state index is 2.50. The Hall–Kier alpha value is -8.00. The second-order valence-electron chi connectivity index (χ2n) is 20.1. The van der Waals surface area contributed by atoms with Crippen LogP contribution in [0.1, 0.15) is 72.2 Å². The van der Waals surface area contributed by atoms with Gasteiger partial charge in [-0.15, -0.1) is 0 Å². The summed E-state index contributed by atoms with van der Waals surface area (Å²) < 4.78 is 0. The first-order valence-electron chi connectivity index (χ1n) is 24.1. The van der Waals surface area contributed by atoms with E-state index in [0.717, 1.165) is 17.1 Å². The van der Waals surface area contributed by atoms with Crippen LogP contribution in [0, 0.1) is 0 Å². The van der Waals surface area contributed by atoms with E-state index in [1.165, 1.54) is 100 Å². The molecule has 3 aliphatic rings. The van der Waals surface area contributed by atoms with Crippen LogP contribution in [-0.2, 0) is 16.2 Å². The molecule has 1 nitrogen and oxygen atoms in total. The molecule has 68 heavy (non-hydrogen) atoms. The fourth-order valence-electron chi connectivity index (χ4n) is 12.5. The lowest BCUT2D eigenvalue weighted by atomic mass is 9.55. The minimum absolute atomic E-state index is 0.0816. The molecule has 0 bridgehead atoms. The van der Waals surface area contributed by atoms with Gasteiger partial charge in [0.25, 0.3) is 0 Å². The number of anilines is 3. The molecule has 0 saturated carbocycles. The highest BCUT2D eigenvalue weighted by Crippen LogP contribution is 2.62. The van der Waals surface area contributed by atoms with Gasteiger partial charge in [0.05, 0.1) is 5.41 Å². The molecular formula is C67H51N. The number of hydrogen-bond acceptors (Lipinski definition) is 1. The molecule has 0 unspecified atom stereocenters. The zero-order valence-electron chi connectivity index (χ0n) is 39.0. The first-order chi connectivity index (χ1) is 33.2. The van der Waals surface area contributed by atoms with Crippen LogP contribution in [0.15, 0.2) is 237 Å². The van der Waals surface area contributed by atoms with E-state index in [1.807, 2.05) is 0 Å². The van der Waals surface area contributed by atoms with Crippen molar-refractivity contribution in [1.29, 1.82) is 0 Å². The second kappa shape index (κ2) is 15.0. The van der Waals surface area contributed by atoms with Crippen LogP contribution < -0.4 is 4.90 Å². The van der Waals surface area contributed by atoms with Gasteiger partial charge in [-0.1, -0.05) is 210 Å². The van der Waals surface area contributed by atoms with Gasteiger partial charge >= 0.3 is 0 Å². The summed E-state index contributed by atoms with van der Waals surface area (Å²) in [6.45, 7) is 9.48. The average molecular weight is 870 g/mol. The van der Waals surface area contributed by atoms with Gasteiger partial charge < -0.3 is 4.90 Å². The molecule has 0 aliphatic heterocycles. The summed E-state index contributed by atoms with van der Waals surface area (Å²) in [7, 11) is 0. The number of para-hydroxylation sites is 1. The van der Waals surface area contributed by atoms with Gasteiger partial charge in [-0.05, 0) is 155 Å². The zero-order valence-corrected chi connectivity index (χ0v) is 39.0. The van der Waals surface area contributed by atoms with Crippen LogP contribution in [-0.4, -0.2) is 0 Å². The summed E-state index contributed by atoms with van der Waals surface area (Å²) >= 11 is 0. The molecule has 13 rings (SSSR count). The predicted molar refractivity (Wildman–Crippen MR) is 284 cm³/mol. The third-order valence-electron chi connectivity index (χ3n) is 15.7. The Balaban J connectivity index is 0.857. The summed E-state index contributed by atoms with van der Waals surface area (Å²) in [6.07, 6.45) is 0. The molecule has 0 amide bonds. The zero-order chi connectivity index (χ0) is 45.8. The molecule has 324 valence electrons. The van der Waals surface area contributed by atoms with Crippen molar-refractivity contribution >= 4 is 17.1 Å². The van der Waals surface area contributed by atoms with Crippen LogP contribution in [0.4, 0.5) is 17.1 Å². The number of benzene rings is 10. The van der Waals surface area contributed by atoms with E-state index in [9.17, 15) is 0 Å². The standard InChI is InChI=1S/C67H51N/c1-65(2)57-26-10-8-24-53(57)55-39-37-52(43-63(55)65)68(50-22-6-5-7-23-50)51-35-32-44(33-36-51)45-18-16-19-46(40-45)47-20-17-21-48(41-47)49-34-38-56-54-25-9-11-27-58(54)67(64(56)42-49)61-30-14-12-28-59(61)66(3,4)60-29-13-15-31-62(60)67/h5-43H,1-4H3. The third kappa shape index (κ3) is 5.82. The van der Waals surface area contributed by atoms with Crippen molar-refractivity contribution in [2.24, 2.45) is 0 Å².